The zero-order valence-corrected chi connectivity index (χ0v) is 15.7. The topological polar surface area (TPSA) is 125 Å². The quantitative estimate of drug-likeness (QED) is 0.690. The van der Waals surface area contributed by atoms with E-state index in [1.807, 2.05) is 0 Å². The van der Waals surface area contributed by atoms with Crippen molar-refractivity contribution >= 4 is 39.2 Å². The van der Waals surface area contributed by atoms with Crippen molar-refractivity contribution in [2.45, 2.75) is 31.7 Å². The average molecular weight is 394 g/mol. The molecule has 0 bridgehead atoms. The molecule has 0 spiro atoms. The van der Waals surface area contributed by atoms with Crippen LogP contribution in [0.25, 0.3) is 0 Å². The Labute approximate surface area is 157 Å². The molecule has 1 saturated carbocycles. The summed E-state index contributed by atoms with van der Waals surface area (Å²) >= 11 is 0. The fourth-order valence-corrected chi connectivity index (χ4v) is 4.06. The van der Waals surface area contributed by atoms with Gasteiger partial charge in [-0.05, 0) is 31.0 Å². The van der Waals surface area contributed by atoms with Crippen LogP contribution in [-0.4, -0.2) is 50.0 Å². The van der Waals surface area contributed by atoms with Crippen molar-refractivity contribution in [2.24, 2.45) is 5.92 Å². The lowest BCUT2D eigenvalue weighted by molar-refractivity contribution is -0.138. The molecule has 2 atom stereocenters. The number of nitrogens with one attached hydrogen (secondary N) is 3. The summed E-state index contributed by atoms with van der Waals surface area (Å²) in [6.45, 7) is -0.391. The molecule has 4 amide bonds. The molecule has 146 valence electrons. The Morgan fingerprint density at radius 2 is 1.93 bits per heavy atom. The van der Waals surface area contributed by atoms with Crippen LogP contribution in [0, 0.1) is 5.92 Å². The standard InChI is InChI=1S/C17H22N4O5S/c1-27(25,26)20-12-6-4-5-11(9-12)18-15(22)10-21-16(23)13-7-2-3-8-14(13)19-17(21)24/h4-6,9,13-14,20H,2-3,7-8,10H2,1H3,(H,18,22)(H,19,24). The van der Waals surface area contributed by atoms with E-state index in [4.69, 9.17) is 0 Å². The molecule has 1 aliphatic heterocycles. The second kappa shape index (κ2) is 7.55. The van der Waals surface area contributed by atoms with Crippen LogP contribution in [0.5, 0.6) is 0 Å². The molecule has 2 unspecified atom stereocenters. The Balaban J connectivity index is 1.64. The van der Waals surface area contributed by atoms with E-state index in [0.717, 1.165) is 30.4 Å². The van der Waals surface area contributed by atoms with Crippen molar-refractivity contribution in [3.8, 4) is 0 Å². The number of nitrogens with zero attached hydrogens (tertiary/aromatic N) is 1. The Bertz CT molecular complexity index is 870. The molecule has 3 rings (SSSR count). The van der Waals surface area contributed by atoms with Crippen LogP contribution < -0.4 is 15.4 Å². The molecule has 1 saturated heterocycles. The van der Waals surface area contributed by atoms with E-state index in [-0.39, 0.29) is 17.9 Å². The molecular weight excluding hydrogens is 372 g/mol. The summed E-state index contributed by atoms with van der Waals surface area (Å²) < 4.78 is 24.9. The van der Waals surface area contributed by atoms with Gasteiger partial charge in [-0.2, -0.15) is 0 Å². The van der Waals surface area contributed by atoms with Gasteiger partial charge in [-0.25, -0.2) is 13.2 Å². The number of urea groups is 1. The van der Waals surface area contributed by atoms with Crippen LogP contribution in [0.15, 0.2) is 24.3 Å². The van der Waals surface area contributed by atoms with Gasteiger partial charge < -0.3 is 10.6 Å². The number of carbonyl (C=O) groups is 3. The maximum absolute atomic E-state index is 12.6. The number of hydrogen-bond donors (Lipinski definition) is 3. The summed E-state index contributed by atoms with van der Waals surface area (Å²) in [7, 11) is -3.44. The van der Waals surface area contributed by atoms with Crippen LogP contribution in [-0.2, 0) is 19.6 Å². The lowest BCUT2D eigenvalue weighted by atomic mass is 9.82. The third kappa shape index (κ3) is 4.76. The normalized spacial score (nSPS) is 22.6. The molecule has 27 heavy (non-hydrogen) atoms. The lowest BCUT2D eigenvalue weighted by Crippen LogP contribution is -2.61. The summed E-state index contributed by atoms with van der Waals surface area (Å²) in [6.07, 6.45) is 4.43. The number of benzene rings is 1. The first-order valence-corrected chi connectivity index (χ1v) is 10.6. The van der Waals surface area contributed by atoms with Crippen molar-refractivity contribution < 1.29 is 22.8 Å². The first-order chi connectivity index (χ1) is 12.7. The summed E-state index contributed by atoms with van der Waals surface area (Å²) in [5.74, 6) is -1.12. The van der Waals surface area contributed by atoms with Gasteiger partial charge in [0.05, 0.1) is 17.9 Å². The molecule has 1 aromatic carbocycles. The van der Waals surface area contributed by atoms with E-state index >= 15 is 0 Å². The van der Waals surface area contributed by atoms with Gasteiger partial charge in [0.25, 0.3) is 0 Å². The number of amides is 4. The minimum absolute atomic E-state index is 0.142. The van der Waals surface area contributed by atoms with Gasteiger partial charge in [0.1, 0.15) is 6.54 Å². The second-order valence-electron chi connectivity index (χ2n) is 6.87. The van der Waals surface area contributed by atoms with Crippen LogP contribution in [0.4, 0.5) is 16.2 Å². The SMILES string of the molecule is CS(=O)(=O)Nc1cccc(NC(=O)CN2C(=O)NC3CCCCC3C2=O)c1. The molecule has 10 heteroatoms. The van der Waals surface area contributed by atoms with E-state index in [1.54, 1.807) is 18.2 Å². The Kier molecular flexibility index (Phi) is 5.36. The third-order valence-corrected chi connectivity index (χ3v) is 5.26. The van der Waals surface area contributed by atoms with Crippen LogP contribution in [0.1, 0.15) is 25.7 Å². The van der Waals surface area contributed by atoms with Crippen molar-refractivity contribution in [1.82, 2.24) is 10.2 Å². The number of rotatable bonds is 5. The third-order valence-electron chi connectivity index (χ3n) is 4.65. The molecular formula is C17H22N4O5S. The van der Waals surface area contributed by atoms with Gasteiger partial charge >= 0.3 is 6.03 Å². The maximum atomic E-state index is 12.6. The molecule has 0 radical (unpaired) electrons. The highest BCUT2D eigenvalue weighted by Gasteiger charge is 2.42. The number of carbonyl (C=O) groups excluding carboxylic acids is 3. The summed E-state index contributed by atoms with van der Waals surface area (Å²) in [5, 5.41) is 5.39. The first kappa shape index (κ1) is 19.2. The minimum Gasteiger partial charge on any atom is -0.334 e. The van der Waals surface area contributed by atoms with Crippen molar-refractivity contribution in [1.29, 1.82) is 0 Å². The molecule has 2 aliphatic rings. The van der Waals surface area contributed by atoms with Crippen molar-refractivity contribution in [3.05, 3.63) is 24.3 Å². The predicted octanol–water partition coefficient (Wildman–Crippen LogP) is 1.11. The summed E-state index contributed by atoms with van der Waals surface area (Å²) in [4.78, 5) is 38.0. The molecule has 9 nitrogen and oxygen atoms in total. The molecule has 0 aromatic heterocycles. The van der Waals surface area contributed by atoms with Gasteiger partial charge in [-0.1, -0.05) is 18.9 Å². The van der Waals surface area contributed by atoms with E-state index in [1.165, 1.54) is 6.07 Å². The summed E-state index contributed by atoms with van der Waals surface area (Å²) in [5.41, 5.74) is 0.654. The Morgan fingerprint density at radius 3 is 2.67 bits per heavy atom. The van der Waals surface area contributed by atoms with Crippen LogP contribution >= 0.6 is 0 Å². The van der Waals surface area contributed by atoms with Gasteiger partial charge in [0, 0.05) is 11.7 Å². The number of fused-ring (bicyclic) bond motifs is 1. The molecule has 2 fully saturated rings. The number of anilines is 2. The zero-order valence-electron chi connectivity index (χ0n) is 14.9. The highest BCUT2D eigenvalue weighted by atomic mass is 32.2. The van der Waals surface area contributed by atoms with E-state index in [9.17, 15) is 22.8 Å². The molecule has 3 N–H and O–H groups in total. The number of hydrogen-bond acceptors (Lipinski definition) is 5. The Morgan fingerprint density at radius 1 is 1.22 bits per heavy atom. The predicted molar refractivity (Wildman–Crippen MR) is 99.5 cm³/mol. The van der Waals surface area contributed by atoms with Gasteiger partial charge in [-0.15, -0.1) is 0 Å². The number of sulfonamides is 1. The number of imide groups is 1. The van der Waals surface area contributed by atoms with Crippen molar-refractivity contribution in [2.75, 3.05) is 22.8 Å². The largest absolute Gasteiger partial charge is 0.334 e. The molecule has 1 aliphatic carbocycles. The maximum Gasteiger partial charge on any atom is 0.324 e. The van der Waals surface area contributed by atoms with Crippen LogP contribution in [0.2, 0.25) is 0 Å². The molecule has 1 heterocycles. The zero-order chi connectivity index (χ0) is 19.6. The molecule has 1 aromatic rings. The highest BCUT2D eigenvalue weighted by Crippen LogP contribution is 2.29. The van der Waals surface area contributed by atoms with Gasteiger partial charge in [0.2, 0.25) is 21.8 Å². The lowest BCUT2D eigenvalue weighted by Gasteiger charge is -2.39. The monoisotopic (exact) mass is 394 g/mol. The second-order valence-corrected chi connectivity index (χ2v) is 8.62. The fraction of sp³-hybridized carbons (Fsp3) is 0.471. The smallest absolute Gasteiger partial charge is 0.324 e. The first-order valence-electron chi connectivity index (χ1n) is 8.72. The minimum atomic E-state index is -3.44. The van der Waals surface area contributed by atoms with Gasteiger partial charge in [-0.3, -0.25) is 19.2 Å². The fourth-order valence-electron chi connectivity index (χ4n) is 3.50. The summed E-state index contributed by atoms with van der Waals surface area (Å²) in [6, 6.07) is 5.47. The van der Waals surface area contributed by atoms with E-state index in [2.05, 4.69) is 15.4 Å². The van der Waals surface area contributed by atoms with E-state index in [0.29, 0.717) is 17.8 Å². The Hall–Kier alpha value is -2.62. The van der Waals surface area contributed by atoms with Gasteiger partial charge in [0.15, 0.2) is 0 Å². The average Bonchev–Trinajstić information content (AvgIpc) is 2.57. The van der Waals surface area contributed by atoms with Crippen LogP contribution in [0.3, 0.4) is 0 Å². The highest BCUT2D eigenvalue weighted by molar-refractivity contribution is 7.92. The van der Waals surface area contributed by atoms with Crippen molar-refractivity contribution in [3.63, 3.8) is 0 Å². The van der Waals surface area contributed by atoms with E-state index < -0.39 is 28.5 Å².